The molecule has 26 heavy (non-hydrogen) atoms. The number of rotatable bonds is 4. The lowest BCUT2D eigenvalue weighted by Crippen LogP contribution is -2.12. The van der Waals surface area contributed by atoms with Gasteiger partial charge in [-0.1, -0.05) is 17.2 Å². The fraction of sp³-hybridized carbons (Fsp3) is 0.0625. The topological polar surface area (TPSA) is 68.0 Å². The van der Waals surface area contributed by atoms with Crippen LogP contribution in [0.5, 0.6) is 0 Å². The molecule has 3 aromatic rings. The third kappa shape index (κ3) is 4.60. The number of nitrogens with one attached hydrogen (secondary N) is 1. The van der Waals surface area contributed by atoms with Crippen molar-refractivity contribution in [3.63, 3.8) is 0 Å². The first-order chi connectivity index (χ1) is 12.3. The Kier molecular flexibility index (Phi) is 4.94. The fourth-order valence-electron chi connectivity index (χ4n) is 2.02. The molecule has 0 radical (unpaired) electrons. The fourth-order valence-corrected chi connectivity index (χ4v) is 2.62. The van der Waals surface area contributed by atoms with Crippen LogP contribution in [0.15, 0.2) is 57.8 Å². The number of hydrogen-bond donors (Lipinski definition) is 1. The normalized spacial score (nSPS) is 11.4. The smallest absolute Gasteiger partial charge is 0.403 e. The summed E-state index contributed by atoms with van der Waals surface area (Å²) in [6, 6.07) is 10.2. The van der Waals surface area contributed by atoms with Gasteiger partial charge in [0.05, 0.1) is 0 Å². The van der Waals surface area contributed by atoms with Gasteiger partial charge in [-0.05, 0) is 48.2 Å². The van der Waals surface area contributed by atoms with Crippen molar-refractivity contribution in [2.24, 2.45) is 0 Å². The number of halogens is 4. The molecule has 0 aliphatic heterocycles. The maximum Gasteiger partial charge on any atom is 0.446 e. The molecule has 0 bridgehead atoms. The summed E-state index contributed by atoms with van der Waals surface area (Å²) in [6.07, 6.45) is 0. The van der Waals surface area contributed by atoms with Gasteiger partial charge in [0, 0.05) is 16.0 Å². The molecule has 0 fully saturated rings. The largest absolute Gasteiger partial charge is 0.446 e. The summed E-state index contributed by atoms with van der Waals surface area (Å²) in [5.41, 5.74) is -4.15. The Morgan fingerprint density at radius 2 is 1.85 bits per heavy atom. The van der Waals surface area contributed by atoms with E-state index >= 15 is 0 Å². The summed E-state index contributed by atoms with van der Waals surface area (Å²) >= 11 is -0.326. The summed E-state index contributed by atoms with van der Waals surface area (Å²) in [5.74, 6) is -1.23. The predicted molar refractivity (Wildman–Crippen MR) is 86.0 cm³/mol. The van der Waals surface area contributed by atoms with E-state index in [0.717, 1.165) is 6.07 Å². The minimum absolute atomic E-state index is 0.00949. The molecule has 1 N–H and O–H groups in total. The zero-order valence-electron chi connectivity index (χ0n) is 12.7. The Balaban J connectivity index is 1.74. The van der Waals surface area contributed by atoms with E-state index in [1.807, 2.05) is 0 Å². The van der Waals surface area contributed by atoms with Crippen LogP contribution in [0.2, 0.25) is 0 Å². The van der Waals surface area contributed by atoms with Crippen molar-refractivity contribution in [2.75, 3.05) is 5.32 Å². The van der Waals surface area contributed by atoms with Crippen LogP contribution in [0.3, 0.4) is 0 Å². The molecule has 5 nitrogen and oxygen atoms in total. The maximum atomic E-state index is 13.2. The van der Waals surface area contributed by atoms with Gasteiger partial charge in [0.1, 0.15) is 5.82 Å². The second kappa shape index (κ2) is 7.16. The van der Waals surface area contributed by atoms with Crippen LogP contribution in [-0.2, 0) is 0 Å². The highest BCUT2D eigenvalue weighted by Crippen LogP contribution is 2.37. The standard InChI is InChI=1S/C16H9F4N3O2S/c17-11-5-1-4-10(7-11)14-22-23-15(25-14)21-13(24)9-3-2-6-12(8-9)26-16(18,19)20/h1-8H,(H,21,23,24). The van der Waals surface area contributed by atoms with Gasteiger partial charge in [-0.2, -0.15) is 13.2 Å². The summed E-state index contributed by atoms with van der Waals surface area (Å²) in [7, 11) is 0. The third-order valence-corrected chi connectivity index (χ3v) is 3.77. The second-order valence-corrected chi connectivity index (χ2v) is 6.09. The van der Waals surface area contributed by atoms with E-state index in [1.165, 1.54) is 36.4 Å². The third-order valence-electron chi connectivity index (χ3n) is 3.05. The number of amides is 1. The molecule has 134 valence electrons. The number of aromatic nitrogens is 2. The summed E-state index contributed by atoms with van der Waals surface area (Å²) in [4.78, 5) is 12.0. The number of carbonyl (C=O) groups excluding carboxylic acids is 1. The number of alkyl halides is 3. The molecule has 1 heterocycles. The molecular formula is C16H9F4N3O2S. The molecule has 0 saturated heterocycles. The highest BCUT2D eigenvalue weighted by molar-refractivity contribution is 8.00. The highest BCUT2D eigenvalue weighted by Gasteiger charge is 2.29. The van der Waals surface area contributed by atoms with Crippen LogP contribution >= 0.6 is 11.8 Å². The molecule has 0 aliphatic rings. The second-order valence-electron chi connectivity index (χ2n) is 4.95. The minimum atomic E-state index is -4.46. The monoisotopic (exact) mass is 383 g/mol. The molecule has 0 aliphatic carbocycles. The van der Waals surface area contributed by atoms with Crippen LogP contribution in [0.25, 0.3) is 11.5 Å². The minimum Gasteiger partial charge on any atom is -0.403 e. The molecule has 0 saturated carbocycles. The molecular weight excluding hydrogens is 374 g/mol. The number of nitrogens with zero attached hydrogens (tertiary/aromatic N) is 2. The first-order valence-corrected chi connectivity index (χ1v) is 7.88. The molecule has 0 spiro atoms. The lowest BCUT2D eigenvalue weighted by Gasteiger charge is -2.07. The Labute approximate surface area is 148 Å². The van der Waals surface area contributed by atoms with Crippen molar-refractivity contribution >= 4 is 23.7 Å². The first-order valence-electron chi connectivity index (χ1n) is 7.07. The van der Waals surface area contributed by atoms with Gasteiger partial charge >= 0.3 is 11.5 Å². The summed E-state index contributed by atoms with van der Waals surface area (Å²) in [6.45, 7) is 0. The Morgan fingerprint density at radius 1 is 1.08 bits per heavy atom. The molecule has 0 atom stereocenters. The van der Waals surface area contributed by atoms with Crippen molar-refractivity contribution in [1.29, 1.82) is 0 Å². The number of hydrogen-bond acceptors (Lipinski definition) is 5. The SMILES string of the molecule is O=C(Nc1nnc(-c2cccc(F)c2)o1)c1cccc(SC(F)(F)F)c1. The van der Waals surface area contributed by atoms with E-state index in [2.05, 4.69) is 15.5 Å². The Hall–Kier alpha value is -2.88. The highest BCUT2D eigenvalue weighted by atomic mass is 32.2. The molecule has 2 aromatic carbocycles. The van der Waals surface area contributed by atoms with Gasteiger partial charge in [0.25, 0.3) is 5.91 Å². The van der Waals surface area contributed by atoms with Crippen LogP contribution in [0.4, 0.5) is 23.6 Å². The molecule has 10 heteroatoms. The molecule has 1 amide bonds. The Bertz CT molecular complexity index is 943. The number of benzene rings is 2. The first kappa shape index (κ1) is 17.9. The summed E-state index contributed by atoms with van der Waals surface area (Å²) in [5, 5.41) is 9.59. The number of anilines is 1. The van der Waals surface area contributed by atoms with Crippen LogP contribution in [0, 0.1) is 5.82 Å². The zero-order valence-corrected chi connectivity index (χ0v) is 13.6. The van der Waals surface area contributed by atoms with Crippen molar-refractivity contribution in [2.45, 2.75) is 10.4 Å². The van der Waals surface area contributed by atoms with Crippen molar-refractivity contribution in [3.8, 4) is 11.5 Å². The van der Waals surface area contributed by atoms with E-state index in [-0.39, 0.29) is 34.1 Å². The van der Waals surface area contributed by atoms with Crippen molar-refractivity contribution < 1.29 is 26.8 Å². The van der Waals surface area contributed by atoms with Crippen LogP contribution < -0.4 is 5.32 Å². The number of thioether (sulfide) groups is 1. The number of carbonyl (C=O) groups is 1. The van der Waals surface area contributed by atoms with Gasteiger partial charge in [0.2, 0.25) is 5.89 Å². The van der Waals surface area contributed by atoms with Gasteiger partial charge in [-0.15, -0.1) is 5.10 Å². The van der Waals surface area contributed by atoms with Crippen LogP contribution in [0.1, 0.15) is 10.4 Å². The quantitative estimate of drug-likeness (QED) is 0.521. The molecule has 1 aromatic heterocycles. The molecule has 0 unspecified atom stereocenters. The zero-order chi connectivity index (χ0) is 18.7. The van der Waals surface area contributed by atoms with Crippen molar-refractivity contribution in [1.82, 2.24) is 10.2 Å². The summed E-state index contributed by atoms with van der Waals surface area (Å²) < 4.78 is 55.7. The van der Waals surface area contributed by atoms with Gasteiger partial charge in [-0.3, -0.25) is 10.1 Å². The lowest BCUT2D eigenvalue weighted by atomic mass is 10.2. The van der Waals surface area contributed by atoms with E-state index in [1.54, 1.807) is 6.07 Å². The average Bonchev–Trinajstić information content (AvgIpc) is 3.02. The van der Waals surface area contributed by atoms with Crippen molar-refractivity contribution in [3.05, 3.63) is 59.9 Å². The molecule has 3 rings (SSSR count). The maximum absolute atomic E-state index is 13.2. The van der Waals surface area contributed by atoms with Gasteiger partial charge < -0.3 is 4.42 Å². The Morgan fingerprint density at radius 3 is 2.58 bits per heavy atom. The average molecular weight is 383 g/mol. The van der Waals surface area contributed by atoms with E-state index in [4.69, 9.17) is 4.42 Å². The van der Waals surface area contributed by atoms with E-state index < -0.39 is 17.2 Å². The lowest BCUT2D eigenvalue weighted by molar-refractivity contribution is -0.0328. The predicted octanol–water partition coefficient (Wildman–Crippen LogP) is 4.74. The van der Waals surface area contributed by atoms with Crippen LogP contribution in [-0.4, -0.2) is 21.6 Å². The van der Waals surface area contributed by atoms with Gasteiger partial charge in [-0.25, -0.2) is 4.39 Å². The van der Waals surface area contributed by atoms with Gasteiger partial charge in [0.15, 0.2) is 0 Å². The van der Waals surface area contributed by atoms with E-state index in [0.29, 0.717) is 5.56 Å². The van der Waals surface area contributed by atoms with E-state index in [9.17, 15) is 22.4 Å².